The first kappa shape index (κ1) is 14.9. The number of nitro benzene ring substituents is 1. The Kier molecular flexibility index (Phi) is 5.46. The van der Waals surface area contributed by atoms with Gasteiger partial charge in [0.25, 0.3) is 5.69 Å². The van der Waals surface area contributed by atoms with Crippen LogP contribution in [0.2, 0.25) is 0 Å². The predicted molar refractivity (Wildman–Crippen MR) is 78.7 cm³/mol. The lowest BCUT2D eigenvalue weighted by atomic mass is 10.2. The molecule has 1 aliphatic rings. The molecule has 0 amide bonds. The van der Waals surface area contributed by atoms with Gasteiger partial charge in [0.2, 0.25) is 0 Å². The number of benzene rings is 1. The number of non-ortho nitro benzene ring substituents is 1. The second kappa shape index (κ2) is 7.33. The third kappa shape index (κ3) is 4.56. The maximum Gasteiger partial charge on any atom is 0.269 e. The monoisotopic (exact) mass is 278 g/mol. The topological polar surface area (TPSA) is 61.6 Å². The van der Waals surface area contributed by atoms with Crippen LogP contribution in [-0.2, 0) is 6.54 Å². The number of hydrogen-bond acceptors (Lipinski definition) is 5. The molecule has 1 aromatic rings. The van der Waals surface area contributed by atoms with E-state index in [4.69, 9.17) is 0 Å². The molecule has 20 heavy (non-hydrogen) atoms. The highest BCUT2D eigenvalue weighted by atomic mass is 16.6. The van der Waals surface area contributed by atoms with Gasteiger partial charge in [-0.1, -0.05) is 12.1 Å². The van der Waals surface area contributed by atoms with Gasteiger partial charge in [0, 0.05) is 57.9 Å². The normalized spacial score (nSPS) is 17.2. The van der Waals surface area contributed by atoms with Crippen molar-refractivity contribution in [3.63, 3.8) is 0 Å². The number of hydrogen-bond donors (Lipinski definition) is 1. The first-order valence-electron chi connectivity index (χ1n) is 7.00. The minimum Gasteiger partial charge on any atom is -0.311 e. The molecule has 0 spiro atoms. The molecule has 0 aromatic heterocycles. The minimum absolute atomic E-state index is 0.156. The minimum atomic E-state index is -0.353. The third-order valence-corrected chi connectivity index (χ3v) is 3.65. The lowest BCUT2D eigenvalue weighted by molar-refractivity contribution is -0.384. The SMILES string of the molecule is CN1CCN(CCNCc2cccc([N+](=O)[O-])c2)CC1. The van der Waals surface area contributed by atoms with Crippen LogP contribution in [0.3, 0.4) is 0 Å². The van der Waals surface area contributed by atoms with Crippen molar-refractivity contribution in [1.29, 1.82) is 0 Å². The Morgan fingerprint density at radius 2 is 2.05 bits per heavy atom. The summed E-state index contributed by atoms with van der Waals surface area (Å²) in [7, 11) is 2.15. The van der Waals surface area contributed by atoms with E-state index in [1.54, 1.807) is 12.1 Å². The molecule has 1 saturated heterocycles. The van der Waals surface area contributed by atoms with Crippen molar-refractivity contribution in [2.24, 2.45) is 0 Å². The van der Waals surface area contributed by atoms with Crippen molar-refractivity contribution in [3.05, 3.63) is 39.9 Å². The van der Waals surface area contributed by atoms with Crippen LogP contribution in [0.4, 0.5) is 5.69 Å². The molecule has 1 N–H and O–H groups in total. The smallest absolute Gasteiger partial charge is 0.269 e. The van der Waals surface area contributed by atoms with Gasteiger partial charge >= 0.3 is 0 Å². The average molecular weight is 278 g/mol. The Morgan fingerprint density at radius 3 is 2.75 bits per heavy atom. The number of likely N-dealkylation sites (N-methyl/N-ethyl adjacent to an activating group) is 1. The van der Waals surface area contributed by atoms with E-state index in [1.807, 2.05) is 6.07 Å². The van der Waals surface area contributed by atoms with Gasteiger partial charge in [0.15, 0.2) is 0 Å². The van der Waals surface area contributed by atoms with Crippen LogP contribution in [0.1, 0.15) is 5.56 Å². The molecule has 6 nitrogen and oxygen atoms in total. The third-order valence-electron chi connectivity index (χ3n) is 3.65. The van der Waals surface area contributed by atoms with Crippen LogP contribution in [0.25, 0.3) is 0 Å². The summed E-state index contributed by atoms with van der Waals surface area (Å²) in [5.74, 6) is 0. The number of nitrogens with zero attached hydrogens (tertiary/aromatic N) is 3. The highest BCUT2D eigenvalue weighted by molar-refractivity contribution is 5.34. The fourth-order valence-corrected chi connectivity index (χ4v) is 2.32. The van der Waals surface area contributed by atoms with Crippen LogP contribution in [0, 0.1) is 10.1 Å². The highest BCUT2D eigenvalue weighted by Crippen LogP contribution is 2.12. The fraction of sp³-hybridized carbons (Fsp3) is 0.571. The van der Waals surface area contributed by atoms with Gasteiger partial charge in [0.1, 0.15) is 0 Å². The lowest BCUT2D eigenvalue weighted by Crippen LogP contribution is -2.46. The largest absolute Gasteiger partial charge is 0.311 e. The molecule has 0 bridgehead atoms. The van der Waals surface area contributed by atoms with E-state index in [9.17, 15) is 10.1 Å². The average Bonchev–Trinajstić information content (AvgIpc) is 2.46. The van der Waals surface area contributed by atoms with Crippen molar-refractivity contribution in [2.75, 3.05) is 46.3 Å². The van der Waals surface area contributed by atoms with E-state index >= 15 is 0 Å². The maximum atomic E-state index is 10.7. The van der Waals surface area contributed by atoms with E-state index in [2.05, 4.69) is 22.2 Å². The second-order valence-corrected chi connectivity index (χ2v) is 5.25. The molecule has 1 aromatic carbocycles. The first-order valence-corrected chi connectivity index (χ1v) is 7.00. The molecule has 0 radical (unpaired) electrons. The molecule has 1 aliphatic heterocycles. The van der Waals surface area contributed by atoms with E-state index in [0.717, 1.165) is 44.8 Å². The summed E-state index contributed by atoms with van der Waals surface area (Å²) in [5.41, 5.74) is 1.11. The molecule has 0 atom stereocenters. The standard InChI is InChI=1S/C14H22N4O2/c1-16-7-9-17(10-8-16)6-5-15-12-13-3-2-4-14(11-13)18(19)20/h2-4,11,15H,5-10,12H2,1H3. The van der Waals surface area contributed by atoms with Crippen LogP contribution in [-0.4, -0.2) is 61.0 Å². The summed E-state index contributed by atoms with van der Waals surface area (Å²) in [6.45, 7) is 7.12. The predicted octanol–water partition coefficient (Wildman–Crippen LogP) is 0.932. The summed E-state index contributed by atoms with van der Waals surface area (Å²) in [4.78, 5) is 15.1. The van der Waals surface area contributed by atoms with Crippen molar-refractivity contribution in [3.8, 4) is 0 Å². The Balaban J connectivity index is 1.68. The van der Waals surface area contributed by atoms with E-state index in [1.165, 1.54) is 6.07 Å². The van der Waals surface area contributed by atoms with Crippen LogP contribution in [0.15, 0.2) is 24.3 Å². The van der Waals surface area contributed by atoms with Gasteiger partial charge in [-0.05, 0) is 12.6 Å². The molecule has 1 fully saturated rings. The van der Waals surface area contributed by atoms with Gasteiger partial charge < -0.3 is 10.2 Å². The number of nitrogens with one attached hydrogen (secondary N) is 1. The summed E-state index contributed by atoms with van der Waals surface area (Å²) in [6.07, 6.45) is 0. The number of rotatable bonds is 6. The zero-order valence-corrected chi connectivity index (χ0v) is 11.9. The molecular weight excluding hydrogens is 256 g/mol. The first-order chi connectivity index (χ1) is 9.65. The van der Waals surface area contributed by atoms with Crippen molar-refractivity contribution in [2.45, 2.75) is 6.54 Å². The van der Waals surface area contributed by atoms with Crippen LogP contribution >= 0.6 is 0 Å². The Hall–Kier alpha value is -1.50. The molecule has 0 unspecified atom stereocenters. The van der Waals surface area contributed by atoms with E-state index in [0.29, 0.717) is 6.54 Å². The van der Waals surface area contributed by atoms with Gasteiger partial charge in [-0.25, -0.2) is 0 Å². The summed E-state index contributed by atoms with van der Waals surface area (Å²) in [5, 5.41) is 14.0. The molecule has 6 heteroatoms. The van der Waals surface area contributed by atoms with Crippen molar-refractivity contribution < 1.29 is 4.92 Å². The summed E-state index contributed by atoms with van der Waals surface area (Å²) < 4.78 is 0. The molecule has 0 saturated carbocycles. The zero-order chi connectivity index (χ0) is 14.4. The Morgan fingerprint density at radius 1 is 1.30 bits per heavy atom. The van der Waals surface area contributed by atoms with Gasteiger partial charge in [-0.3, -0.25) is 15.0 Å². The van der Waals surface area contributed by atoms with Crippen LogP contribution < -0.4 is 5.32 Å². The quantitative estimate of drug-likeness (QED) is 0.476. The highest BCUT2D eigenvalue weighted by Gasteiger charge is 2.12. The van der Waals surface area contributed by atoms with Crippen molar-refractivity contribution >= 4 is 5.69 Å². The fourth-order valence-electron chi connectivity index (χ4n) is 2.32. The summed E-state index contributed by atoms with van der Waals surface area (Å²) >= 11 is 0. The Bertz CT molecular complexity index is 445. The Labute approximate surface area is 119 Å². The van der Waals surface area contributed by atoms with Gasteiger partial charge in [0.05, 0.1) is 4.92 Å². The number of nitro groups is 1. The molecule has 0 aliphatic carbocycles. The summed E-state index contributed by atoms with van der Waals surface area (Å²) in [6, 6.07) is 6.79. The van der Waals surface area contributed by atoms with Gasteiger partial charge in [-0.2, -0.15) is 0 Å². The molecular formula is C14H22N4O2. The second-order valence-electron chi connectivity index (χ2n) is 5.25. The van der Waals surface area contributed by atoms with E-state index in [-0.39, 0.29) is 10.6 Å². The van der Waals surface area contributed by atoms with Gasteiger partial charge in [-0.15, -0.1) is 0 Å². The molecule has 110 valence electrons. The number of piperazine rings is 1. The maximum absolute atomic E-state index is 10.7. The van der Waals surface area contributed by atoms with E-state index < -0.39 is 0 Å². The molecule has 2 rings (SSSR count). The van der Waals surface area contributed by atoms with Crippen molar-refractivity contribution in [1.82, 2.24) is 15.1 Å². The zero-order valence-electron chi connectivity index (χ0n) is 11.9. The lowest BCUT2D eigenvalue weighted by Gasteiger charge is -2.32. The van der Waals surface area contributed by atoms with Crippen LogP contribution in [0.5, 0.6) is 0 Å². The molecule has 1 heterocycles.